The van der Waals surface area contributed by atoms with Crippen LogP contribution in [0.1, 0.15) is 34.3 Å². The molecule has 4 rings (SSSR count). The standard InChI is InChI=1S/C24H26N4O2S2/c1-30-16-25-24(31)28-13-11-18(12-14-28)23-27-21(15-32-23)22(29)26-20-10-6-5-9-19(20)17-7-3-2-4-8-17/h2-10,15,18H,11-14,16H2,1H3,(H,25,31)(H,26,29). The second-order valence-electron chi connectivity index (χ2n) is 7.61. The molecule has 1 amide bonds. The SMILES string of the molecule is COCNC(=S)N1CCC(c2nc(C(=O)Nc3ccccc3-c3ccccc3)cs2)CC1. The lowest BCUT2D eigenvalue weighted by Gasteiger charge is -2.33. The number of nitrogens with zero attached hydrogens (tertiary/aromatic N) is 2. The van der Waals surface area contributed by atoms with Crippen molar-refractivity contribution in [1.82, 2.24) is 15.2 Å². The number of piperidine rings is 1. The fourth-order valence-electron chi connectivity index (χ4n) is 3.80. The summed E-state index contributed by atoms with van der Waals surface area (Å²) in [5.41, 5.74) is 3.30. The third kappa shape index (κ3) is 5.32. The summed E-state index contributed by atoms with van der Waals surface area (Å²) in [6, 6.07) is 17.9. The van der Waals surface area contributed by atoms with Crippen molar-refractivity contribution in [3.05, 3.63) is 70.7 Å². The van der Waals surface area contributed by atoms with Crippen molar-refractivity contribution < 1.29 is 9.53 Å². The zero-order chi connectivity index (χ0) is 22.3. The Morgan fingerprint density at radius 3 is 2.62 bits per heavy atom. The number of carbonyl (C=O) groups is 1. The van der Waals surface area contributed by atoms with Crippen molar-refractivity contribution in [3.8, 4) is 11.1 Å². The largest absolute Gasteiger partial charge is 0.365 e. The molecular formula is C24H26N4O2S2. The van der Waals surface area contributed by atoms with Gasteiger partial charge in [-0.2, -0.15) is 0 Å². The maximum absolute atomic E-state index is 12.9. The van der Waals surface area contributed by atoms with Crippen LogP contribution in [0.15, 0.2) is 60.0 Å². The number of anilines is 1. The second kappa shape index (κ2) is 10.7. The molecule has 2 N–H and O–H groups in total. The van der Waals surface area contributed by atoms with E-state index in [-0.39, 0.29) is 5.91 Å². The van der Waals surface area contributed by atoms with Gasteiger partial charge in [0.05, 0.1) is 5.01 Å². The van der Waals surface area contributed by atoms with E-state index in [1.807, 2.05) is 60.0 Å². The highest BCUT2D eigenvalue weighted by atomic mass is 32.1. The number of benzene rings is 2. The Morgan fingerprint density at radius 2 is 1.88 bits per heavy atom. The van der Waals surface area contributed by atoms with Crippen LogP contribution in [0.25, 0.3) is 11.1 Å². The van der Waals surface area contributed by atoms with Gasteiger partial charge in [0.2, 0.25) is 0 Å². The van der Waals surface area contributed by atoms with Crippen molar-refractivity contribution in [2.24, 2.45) is 0 Å². The van der Waals surface area contributed by atoms with Crippen molar-refractivity contribution >= 4 is 40.3 Å². The van der Waals surface area contributed by atoms with E-state index < -0.39 is 0 Å². The van der Waals surface area contributed by atoms with Gasteiger partial charge < -0.3 is 20.3 Å². The average molecular weight is 467 g/mol. The molecule has 6 nitrogen and oxygen atoms in total. The van der Waals surface area contributed by atoms with Gasteiger partial charge in [-0.3, -0.25) is 4.79 Å². The molecule has 32 heavy (non-hydrogen) atoms. The van der Waals surface area contributed by atoms with E-state index in [4.69, 9.17) is 17.0 Å². The first-order chi connectivity index (χ1) is 15.7. The summed E-state index contributed by atoms with van der Waals surface area (Å²) in [6.45, 7) is 2.15. The van der Waals surface area contributed by atoms with Gasteiger partial charge in [0, 0.05) is 42.7 Å². The smallest absolute Gasteiger partial charge is 0.275 e. The maximum Gasteiger partial charge on any atom is 0.275 e. The normalized spacial score (nSPS) is 14.2. The first-order valence-electron chi connectivity index (χ1n) is 10.6. The Morgan fingerprint density at radius 1 is 1.16 bits per heavy atom. The van der Waals surface area contributed by atoms with Gasteiger partial charge in [0.1, 0.15) is 12.4 Å². The Kier molecular flexibility index (Phi) is 7.47. The molecule has 8 heteroatoms. The number of aromatic nitrogens is 1. The van der Waals surface area contributed by atoms with Crippen LogP contribution in [0.3, 0.4) is 0 Å². The maximum atomic E-state index is 12.9. The van der Waals surface area contributed by atoms with Crippen LogP contribution in [0, 0.1) is 0 Å². The summed E-state index contributed by atoms with van der Waals surface area (Å²) < 4.78 is 5.02. The molecule has 0 saturated carbocycles. The van der Waals surface area contributed by atoms with Crippen LogP contribution in [-0.4, -0.2) is 47.8 Å². The molecule has 166 valence electrons. The Bertz CT molecular complexity index is 1060. The monoisotopic (exact) mass is 466 g/mol. The average Bonchev–Trinajstić information content (AvgIpc) is 3.34. The Hall–Kier alpha value is -2.81. The predicted octanol–water partition coefficient (Wildman–Crippen LogP) is 4.72. The number of nitrogens with one attached hydrogen (secondary N) is 2. The topological polar surface area (TPSA) is 66.5 Å². The molecule has 0 bridgehead atoms. The first-order valence-corrected chi connectivity index (χ1v) is 11.9. The number of hydrogen-bond acceptors (Lipinski definition) is 5. The molecule has 0 unspecified atom stereocenters. The summed E-state index contributed by atoms with van der Waals surface area (Å²) in [7, 11) is 1.64. The van der Waals surface area contributed by atoms with Crippen LogP contribution >= 0.6 is 23.6 Å². The Balaban J connectivity index is 1.39. The summed E-state index contributed by atoms with van der Waals surface area (Å²) in [6.07, 6.45) is 1.92. The van der Waals surface area contributed by atoms with E-state index in [0.29, 0.717) is 18.3 Å². The first kappa shape index (κ1) is 22.4. The van der Waals surface area contributed by atoms with Crippen LogP contribution < -0.4 is 10.6 Å². The van der Waals surface area contributed by atoms with Crippen molar-refractivity contribution in [3.63, 3.8) is 0 Å². The summed E-state index contributed by atoms with van der Waals surface area (Å²) in [5.74, 6) is 0.165. The van der Waals surface area contributed by atoms with Gasteiger partial charge in [-0.15, -0.1) is 11.3 Å². The number of para-hydroxylation sites is 1. The minimum atomic E-state index is -0.182. The van der Waals surface area contributed by atoms with Gasteiger partial charge in [-0.1, -0.05) is 48.5 Å². The van der Waals surface area contributed by atoms with Crippen LogP contribution in [-0.2, 0) is 4.74 Å². The zero-order valence-electron chi connectivity index (χ0n) is 17.9. The number of amides is 1. The van der Waals surface area contributed by atoms with E-state index in [0.717, 1.165) is 52.9 Å². The van der Waals surface area contributed by atoms with Gasteiger partial charge >= 0.3 is 0 Å². The molecule has 0 atom stereocenters. The molecule has 0 aliphatic carbocycles. The summed E-state index contributed by atoms with van der Waals surface area (Å²) >= 11 is 6.97. The van der Waals surface area contributed by atoms with Crippen LogP contribution in [0.4, 0.5) is 5.69 Å². The number of methoxy groups -OCH3 is 1. The van der Waals surface area contributed by atoms with E-state index in [1.54, 1.807) is 18.4 Å². The summed E-state index contributed by atoms with van der Waals surface area (Å²) in [4.78, 5) is 19.8. The predicted molar refractivity (Wildman–Crippen MR) is 133 cm³/mol. The zero-order valence-corrected chi connectivity index (χ0v) is 19.5. The van der Waals surface area contributed by atoms with Crippen molar-refractivity contribution in [2.75, 3.05) is 32.2 Å². The molecular weight excluding hydrogens is 440 g/mol. The highest BCUT2D eigenvalue weighted by Crippen LogP contribution is 2.31. The lowest BCUT2D eigenvalue weighted by atomic mass is 9.98. The van der Waals surface area contributed by atoms with E-state index >= 15 is 0 Å². The molecule has 0 spiro atoms. The van der Waals surface area contributed by atoms with Gasteiger partial charge in [-0.05, 0) is 36.7 Å². The molecule has 1 fully saturated rings. The number of thiazole rings is 1. The third-order valence-corrected chi connectivity index (χ3v) is 6.92. The molecule has 1 aromatic heterocycles. The van der Waals surface area contributed by atoms with Crippen molar-refractivity contribution in [2.45, 2.75) is 18.8 Å². The van der Waals surface area contributed by atoms with Gasteiger partial charge in [0.15, 0.2) is 5.11 Å². The highest BCUT2D eigenvalue weighted by Gasteiger charge is 2.25. The molecule has 1 aliphatic rings. The van der Waals surface area contributed by atoms with Crippen molar-refractivity contribution in [1.29, 1.82) is 0 Å². The van der Waals surface area contributed by atoms with Gasteiger partial charge in [-0.25, -0.2) is 4.98 Å². The molecule has 0 radical (unpaired) electrons. The third-order valence-electron chi connectivity index (χ3n) is 5.51. The van der Waals surface area contributed by atoms with E-state index in [2.05, 4.69) is 20.5 Å². The minimum Gasteiger partial charge on any atom is -0.365 e. The fourth-order valence-corrected chi connectivity index (χ4v) is 5.02. The van der Waals surface area contributed by atoms with Gasteiger partial charge in [0.25, 0.3) is 5.91 Å². The number of rotatable bonds is 6. The number of thiocarbonyl (C=S) groups is 1. The molecule has 2 heterocycles. The quantitative estimate of drug-likeness (QED) is 0.405. The second-order valence-corrected chi connectivity index (χ2v) is 8.89. The number of carbonyl (C=O) groups excluding carboxylic acids is 1. The van der Waals surface area contributed by atoms with E-state index in [9.17, 15) is 4.79 Å². The number of ether oxygens (including phenoxy) is 1. The molecule has 1 aliphatic heterocycles. The Labute approximate surface area is 197 Å². The summed E-state index contributed by atoms with van der Waals surface area (Å²) in [5, 5.41) is 9.72. The molecule has 2 aromatic carbocycles. The van der Waals surface area contributed by atoms with Crippen LogP contribution in [0.5, 0.6) is 0 Å². The minimum absolute atomic E-state index is 0.182. The molecule has 3 aromatic rings. The van der Waals surface area contributed by atoms with Crippen LogP contribution in [0.2, 0.25) is 0 Å². The highest BCUT2D eigenvalue weighted by molar-refractivity contribution is 7.80. The fraction of sp³-hybridized carbons (Fsp3) is 0.292. The number of likely N-dealkylation sites (tertiary alicyclic amines) is 1. The lowest BCUT2D eigenvalue weighted by Crippen LogP contribution is -2.44. The van der Waals surface area contributed by atoms with E-state index in [1.165, 1.54) is 0 Å². The number of hydrogen-bond donors (Lipinski definition) is 2. The lowest BCUT2D eigenvalue weighted by molar-refractivity contribution is 0.102. The molecule has 1 saturated heterocycles.